The summed E-state index contributed by atoms with van der Waals surface area (Å²) in [6, 6.07) is 8.04. The van der Waals surface area contributed by atoms with Crippen LogP contribution in [-0.2, 0) is 19.1 Å². The van der Waals surface area contributed by atoms with Crippen molar-refractivity contribution in [1.29, 1.82) is 0 Å². The number of carbonyl (C=O) groups excluding carboxylic acids is 3. The van der Waals surface area contributed by atoms with Crippen LogP contribution in [0.1, 0.15) is 51.0 Å². The van der Waals surface area contributed by atoms with Gasteiger partial charge in [-0.15, -0.1) is 11.3 Å². The molecule has 4 fully saturated rings. The maximum absolute atomic E-state index is 13.2. The molecule has 4 aliphatic rings. The predicted octanol–water partition coefficient (Wildman–Crippen LogP) is 4.08. The Morgan fingerprint density at radius 2 is 1.82 bits per heavy atom. The van der Waals surface area contributed by atoms with Gasteiger partial charge in [0.05, 0.1) is 11.1 Å². The number of anilines is 1. The molecule has 2 unspecified atom stereocenters. The van der Waals surface area contributed by atoms with Crippen LogP contribution in [0.4, 0.5) is 5.13 Å². The van der Waals surface area contributed by atoms with E-state index in [1.165, 1.54) is 23.8 Å². The van der Waals surface area contributed by atoms with Crippen LogP contribution in [0.15, 0.2) is 29.6 Å². The van der Waals surface area contributed by atoms with Crippen molar-refractivity contribution >= 4 is 34.3 Å². The van der Waals surface area contributed by atoms with Gasteiger partial charge in [-0.2, -0.15) is 0 Å². The molecule has 0 saturated heterocycles. The highest BCUT2D eigenvalue weighted by Crippen LogP contribution is 2.62. The van der Waals surface area contributed by atoms with Crippen molar-refractivity contribution in [2.45, 2.75) is 57.9 Å². The number of hydrogen-bond donors (Lipinski definition) is 2. The molecule has 4 bridgehead atoms. The van der Waals surface area contributed by atoms with Gasteiger partial charge in [0.1, 0.15) is 0 Å². The molecule has 6 rings (SSSR count). The molecule has 2 N–H and O–H groups in total. The van der Waals surface area contributed by atoms with E-state index in [0.717, 1.165) is 43.4 Å². The number of nitrogens with zero attached hydrogens (tertiary/aromatic N) is 1. The van der Waals surface area contributed by atoms with Gasteiger partial charge in [0.25, 0.3) is 5.91 Å². The monoisotopic (exact) mass is 467 g/mol. The first-order valence-corrected chi connectivity index (χ1v) is 12.4. The summed E-state index contributed by atoms with van der Waals surface area (Å²) in [6.45, 7) is 3.24. The molecule has 0 spiro atoms. The smallest absolute Gasteiger partial charge is 0.312 e. The summed E-state index contributed by atoms with van der Waals surface area (Å²) in [7, 11) is 0. The number of amides is 2. The highest BCUT2D eigenvalue weighted by Gasteiger charge is 2.61. The molecule has 0 radical (unpaired) electrons. The van der Waals surface area contributed by atoms with Gasteiger partial charge >= 0.3 is 5.97 Å². The van der Waals surface area contributed by atoms with E-state index in [-0.39, 0.29) is 24.0 Å². The standard InChI is InChI=1S/C25H29N3O4S/c1-15-3-5-19(6-4-15)20-13-33-23(26-20)27-21(30)12-32-22(31)24-8-17-7-18(9-24)11-25(10-17,14-24)28-16(2)29/h3-6,13,17-18H,7-12,14H2,1-2H3,(H,28,29)(H,26,27,30). The highest BCUT2D eigenvalue weighted by molar-refractivity contribution is 7.14. The van der Waals surface area contributed by atoms with Gasteiger partial charge in [-0.1, -0.05) is 29.8 Å². The Labute approximate surface area is 197 Å². The number of aryl methyl sites for hydroxylation is 1. The quantitative estimate of drug-likeness (QED) is 0.624. The Balaban J connectivity index is 1.20. The fourth-order valence-corrected chi connectivity index (χ4v) is 7.38. The fourth-order valence-electron chi connectivity index (χ4n) is 6.65. The lowest BCUT2D eigenvalue weighted by Gasteiger charge is -2.60. The molecule has 4 aliphatic carbocycles. The van der Waals surface area contributed by atoms with E-state index in [1.54, 1.807) is 0 Å². The molecule has 8 heteroatoms. The maximum Gasteiger partial charge on any atom is 0.312 e. The van der Waals surface area contributed by atoms with E-state index in [2.05, 4.69) is 15.6 Å². The zero-order chi connectivity index (χ0) is 23.2. The second-order valence-corrected chi connectivity index (χ2v) is 11.1. The molecule has 7 nitrogen and oxygen atoms in total. The number of nitrogens with one attached hydrogen (secondary N) is 2. The summed E-state index contributed by atoms with van der Waals surface area (Å²) in [5, 5.41) is 8.26. The Morgan fingerprint density at radius 3 is 2.48 bits per heavy atom. The molecule has 0 aliphatic heterocycles. The third-order valence-electron chi connectivity index (χ3n) is 7.37. The molecular formula is C25H29N3O4S. The summed E-state index contributed by atoms with van der Waals surface area (Å²) in [4.78, 5) is 41.9. The summed E-state index contributed by atoms with van der Waals surface area (Å²) in [5.74, 6) is 0.105. The minimum atomic E-state index is -0.591. The van der Waals surface area contributed by atoms with E-state index in [1.807, 2.05) is 36.6 Å². The van der Waals surface area contributed by atoms with Gasteiger partial charge < -0.3 is 10.1 Å². The lowest BCUT2D eigenvalue weighted by atomic mass is 9.47. The second-order valence-electron chi connectivity index (χ2n) is 10.2. The first-order chi connectivity index (χ1) is 15.7. The number of rotatable bonds is 6. The number of aromatic nitrogens is 1. The zero-order valence-electron chi connectivity index (χ0n) is 19.0. The summed E-state index contributed by atoms with van der Waals surface area (Å²) >= 11 is 1.34. The Kier molecular flexibility index (Phi) is 5.51. The zero-order valence-corrected chi connectivity index (χ0v) is 19.8. The van der Waals surface area contributed by atoms with Crippen LogP contribution in [0.3, 0.4) is 0 Å². The molecular weight excluding hydrogens is 438 g/mol. The topological polar surface area (TPSA) is 97.4 Å². The minimum Gasteiger partial charge on any atom is -0.455 e. The third-order valence-corrected chi connectivity index (χ3v) is 8.13. The van der Waals surface area contributed by atoms with Crippen molar-refractivity contribution in [3.05, 3.63) is 35.2 Å². The average molecular weight is 468 g/mol. The molecule has 1 aromatic carbocycles. The lowest BCUT2D eigenvalue weighted by Crippen LogP contribution is -2.64. The van der Waals surface area contributed by atoms with Gasteiger partial charge in [-0.25, -0.2) is 4.98 Å². The van der Waals surface area contributed by atoms with E-state index >= 15 is 0 Å². The number of hydrogen-bond acceptors (Lipinski definition) is 6. The fraction of sp³-hybridized carbons (Fsp3) is 0.520. The van der Waals surface area contributed by atoms with Crippen molar-refractivity contribution in [1.82, 2.24) is 10.3 Å². The van der Waals surface area contributed by atoms with E-state index < -0.39 is 11.3 Å². The van der Waals surface area contributed by atoms with Crippen molar-refractivity contribution in [3.63, 3.8) is 0 Å². The van der Waals surface area contributed by atoms with Crippen LogP contribution in [0.5, 0.6) is 0 Å². The van der Waals surface area contributed by atoms with E-state index in [9.17, 15) is 14.4 Å². The van der Waals surface area contributed by atoms with Gasteiger partial charge in [0.2, 0.25) is 5.91 Å². The van der Waals surface area contributed by atoms with Crippen LogP contribution in [0.2, 0.25) is 0 Å². The van der Waals surface area contributed by atoms with Crippen LogP contribution in [-0.4, -0.2) is 34.9 Å². The van der Waals surface area contributed by atoms with Gasteiger partial charge in [0, 0.05) is 23.4 Å². The normalized spacial score (nSPS) is 29.5. The molecule has 1 aromatic heterocycles. The largest absolute Gasteiger partial charge is 0.455 e. The van der Waals surface area contributed by atoms with E-state index in [0.29, 0.717) is 23.4 Å². The van der Waals surface area contributed by atoms with Crippen LogP contribution < -0.4 is 10.6 Å². The summed E-state index contributed by atoms with van der Waals surface area (Å²) < 4.78 is 5.53. The Hall–Kier alpha value is -2.74. The number of benzene rings is 1. The van der Waals surface area contributed by atoms with Gasteiger partial charge in [-0.05, 0) is 57.3 Å². The number of ether oxygens (including phenoxy) is 1. The Bertz CT molecular complexity index is 1080. The molecule has 2 aromatic rings. The van der Waals surface area contributed by atoms with Crippen LogP contribution in [0.25, 0.3) is 11.3 Å². The molecule has 2 atom stereocenters. The number of esters is 1. The Morgan fingerprint density at radius 1 is 1.12 bits per heavy atom. The summed E-state index contributed by atoms with van der Waals surface area (Å²) in [5.41, 5.74) is 2.06. The molecule has 4 saturated carbocycles. The number of carbonyl (C=O) groups is 3. The minimum absolute atomic E-state index is 0.0479. The molecule has 2 amide bonds. The third kappa shape index (κ3) is 4.40. The predicted molar refractivity (Wildman–Crippen MR) is 126 cm³/mol. The van der Waals surface area contributed by atoms with Crippen LogP contribution >= 0.6 is 11.3 Å². The van der Waals surface area contributed by atoms with Crippen molar-refractivity contribution in [3.8, 4) is 11.3 Å². The first-order valence-electron chi connectivity index (χ1n) is 11.5. The van der Waals surface area contributed by atoms with Gasteiger partial charge in [-0.3, -0.25) is 19.7 Å². The SMILES string of the molecule is CC(=O)NC12CC3CC(C1)CC(C(=O)OCC(=O)Nc1nc(-c4ccc(C)cc4)cs1)(C3)C2. The highest BCUT2D eigenvalue weighted by atomic mass is 32.1. The van der Waals surface area contributed by atoms with Crippen molar-refractivity contribution < 1.29 is 19.1 Å². The molecule has 174 valence electrons. The number of thiazole rings is 1. The average Bonchev–Trinajstić information content (AvgIpc) is 3.19. The summed E-state index contributed by atoms with van der Waals surface area (Å²) in [6.07, 6.45) is 5.18. The molecule has 1 heterocycles. The second kappa shape index (κ2) is 8.24. The first kappa shape index (κ1) is 22.1. The van der Waals surface area contributed by atoms with Crippen molar-refractivity contribution in [2.75, 3.05) is 11.9 Å². The maximum atomic E-state index is 13.2. The molecule has 33 heavy (non-hydrogen) atoms. The van der Waals surface area contributed by atoms with Crippen molar-refractivity contribution in [2.24, 2.45) is 17.3 Å². The van der Waals surface area contributed by atoms with Gasteiger partial charge in [0.15, 0.2) is 11.7 Å². The lowest BCUT2D eigenvalue weighted by molar-refractivity contribution is -0.176. The van der Waals surface area contributed by atoms with E-state index in [4.69, 9.17) is 4.74 Å². The van der Waals surface area contributed by atoms with Crippen LogP contribution in [0, 0.1) is 24.2 Å².